The van der Waals surface area contributed by atoms with E-state index in [1.165, 1.54) is 28.7 Å². The van der Waals surface area contributed by atoms with Crippen LogP contribution in [-0.4, -0.2) is 35.0 Å². The molecule has 0 aliphatic carbocycles. The quantitative estimate of drug-likeness (QED) is 0.593. The van der Waals surface area contributed by atoms with Crippen molar-refractivity contribution >= 4 is 34.1 Å². The van der Waals surface area contributed by atoms with E-state index in [1.54, 1.807) is 0 Å². The van der Waals surface area contributed by atoms with Crippen LogP contribution in [0.25, 0.3) is 0 Å². The molecule has 0 spiro atoms. The van der Waals surface area contributed by atoms with Gasteiger partial charge in [-0.05, 0) is 25.5 Å². The van der Waals surface area contributed by atoms with Gasteiger partial charge in [0.1, 0.15) is 12.4 Å². The number of ether oxygens (including phenoxy) is 1. The number of nitrogens with one attached hydrogen (secondary N) is 1. The van der Waals surface area contributed by atoms with Crippen LogP contribution < -0.4 is 15.8 Å². The van der Waals surface area contributed by atoms with Gasteiger partial charge in [0, 0.05) is 0 Å². The van der Waals surface area contributed by atoms with Gasteiger partial charge in [0.2, 0.25) is 11.0 Å². The first-order valence-corrected chi connectivity index (χ1v) is 8.53. The van der Waals surface area contributed by atoms with Crippen LogP contribution in [0.4, 0.5) is 5.13 Å². The molecule has 0 saturated carbocycles. The van der Waals surface area contributed by atoms with E-state index in [9.17, 15) is 4.79 Å². The zero-order valence-electron chi connectivity index (χ0n) is 12.5. The van der Waals surface area contributed by atoms with Crippen molar-refractivity contribution in [2.75, 3.05) is 24.6 Å². The first-order chi connectivity index (χ1) is 10.5. The van der Waals surface area contributed by atoms with Crippen molar-refractivity contribution in [3.63, 3.8) is 0 Å². The van der Waals surface area contributed by atoms with E-state index in [0.717, 1.165) is 11.3 Å². The number of benzene rings is 1. The number of rotatable bonds is 7. The number of nitrogens with two attached hydrogens (primary N) is 1. The topological polar surface area (TPSA) is 90.1 Å². The minimum atomic E-state index is -0.0667. The van der Waals surface area contributed by atoms with Crippen LogP contribution in [0.3, 0.4) is 0 Å². The first kappa shape index (κ1) is 16.6. The van der Waals surface area contributed by atoms with Gasteiger partial charge in [0.25, 0.3) is 0 Å². The van der Waals surface area contributed by atoms with E-state index >= 15 is 0 Å². The lowest BCUT2D eigenvalue weighted by Gasteiger charge is -2.10. The third kappa shape index (κ3) is 5.19. The summed E-state index contributed by atoms with van der Waals surface area (Å²) < 4.78 is 6.34. The molecule has 6 nitrogen and oxygen atoms in total. The average Bonchev–Trinajstić information content (AvgIpc) is 2.89. The highest BCUT2D eigenvalue weighted by atomic mass is 32.2. The number of aromatic nitrogens is 2. The maximum Gasteiger partial charge on any atom is 0.230 e. The molecule has 22 heavy (non-hydrogen) atoms. The summed E-state index contributed by atoms with van der Waals surface area (Å²) in [6.45, 7) is 4.95. The van der Waals surface area contributed by atoms with Crippen molar-refractivity contribution in [3.8, 4) is 5.75 Å². The zero-order chi connectivity index (χ0) is 15.9. The van der Waals surface area contributed by atoms with Gasteiger partial charge in [-0.15, -0.1) is 10.2 Å². The average molecular weight is 338 g/mol. The van der Waals surface area contributed by atoms with E-state index in [0.29, 0.717) is 22.6 Å². The summed E-state index contributed by atoms with van der Waals surface area (Å²) in [4.78, 5) is 11.7. The van der Waals surface area contributed by atoms with Gasteiger partial charge in [-0.3, -0.25) is 4.79 Å². The Morgan fingerprint density at radius 3 is 2.91 bits per heavy atom. The van der Waals surface area contributed by atoms with Crippen molar-refractivity contribution < 1.29 is 9.53 Å². The van der Waals surface area contributed by atoms with Crippen molar-refractivity contribution in [2.45, 2.75) is 18.2 Å². The predicted molar refractivity (Wildman–Crippen MR) is 89.5 cm³/mol. The standard InChI is InChI=1S/C14H18N4O2S2/c1-9-3-4-11(10(2)7-9)20-6-5-16-12(19)8-21-14-18-17-13(15)22-14/h3-4,7H,5-6,8H2,1-2H3,(H2,15,17)(H,16,19). The molecule has 1 aromatic carbocycles. The summed E-state index contributed by atoms with van der Waals surface area (Å²) in [7, 11) is 0. The maximum atomic E-state index is 11.7. The SMILES string of the molecule is Cc1ccc(OCCNC(=O)CSc2nnc(N)s2)c(C)c1. The Balaban J connectivity index is 1.64. The summed E-state index contributed by atoms with van der Waals surface area (Å²) >= 11 is 2.59. The lowest BCUT2D eigenvalue weighted by atomic mass is 10.1. The molecule has 0 radical (unpaired) electrons. The van der Waals surface area contributed by atoms with E-state index in [4.69, 9.17) is 10.5 Å². The monoisotopic (exact) mass is 338 g/mol. The van der Waals surface area contributed by atoms with Crippen LogP contribution in [0, 0.1) is 13.8 Å². The van der Waals surface area contributed by atoms with Crippen LogP contribution in [0.15, 0.2) is 22.5 Å². The first-order valence-electron chi connectivity index (χ1n) is 6.73. The number of anilines is 1. The summed E-state index contributed by atoms with van der Waals surface area (Å²) in [6.07, 6.45) is 0. The van der Waals surface area contributed by atoms with Gasteiger partial charge in [0.05, 0.1) is 12.3 Å². The maximum absolute atomic E-state index is 11.7. The minimum Gasteiger partial charge on any atom is -0.491 e. The molecule has 1 amide bonds. The number of aryl methyl sites for hydroxylation is 2. The zero-order valence-corrected chi connectivity index (χ0v) is 14.1. The Kier molecular flexibility index (Phi) is 6.02. The molecular weight excluding hydrogens is 320 g/mol. The van der Waals surface area contributed by atoms with E-state index in [1.807, 2.05) is 26.0 Å². The second-order valence-corrected chi connectivity index (χ2v) is 6.89. The van der Waals surface area contributed by atoms with Gasteiger partial charge >= 0.3 is 0 Å². The fourth-order valence-electron chi connectivity index (χ4n) is 1.77. The molecule has 0 unspecified atom stereocenters. The van der Waals surface area contributed by atoms with Crippen molar-refractivity contribution in [1.82, 2.24) is 15.5 Å². The molecule has 1 heterocycles. The third-order valence-corrected chi connectivity index (χ3v) is 4.65. The van der Waals surface area contributed by atoms with Crippen LogP contribution in [-0.2, 0) is 4.79 Å². The molecule has 8 heteroatoms. The highest BCUT2D eigenvalue weighted by molar-refractivity contribution is 8.01. The molecule has 0 atom stereocenters. The second-order valence-electron chi connectivity index (χ2n) is 4.66. The Hall–Kier alpha value is -1.80. The molecule has 0 fully saturated rings. The Morgan fingerprint density at radius 1 is 1.41 bits per heavy atom. The van der Waals surface area contributed by atoms with Crippen molar-refractivity contribution in [3.05, 3.63) is 29.3 Å². The molecule has 3 N–H and O–H groups in total. The summed E-state index contributed by atoms with van der Waals surface area (Å²) in [5, 5.41) is 10.7. The molecule has 2 aromatic rings. The number of hydrogen-bond donors (Lipinski definition) is 2. The van der Waals surface area contributed by atoms with Gasteiger partial charge in [0.15, 0.2) is 4.34 Å². The number of carbonyl (C=O) groups is 1. The molecule has 118 valence electrons. The van der Waals surface area contributed by atoms with Gasteiger partial charge in [-0.25, -0.2) is 0 Å². The molecule has 1 aromatic heterocycles. The van der Waals surface area contributed by atoms with E-state index in [2.05, 4.69) is 21.6 Å². The van der Waals surface area contributed by atoms with Crippen molar-refractivity contribution in [1.29, 1.82) is 0 Å². The molecule has 0 aliphatic rings. The largest absolute Gasteiger partial charge is 0.491 e. The highest BCUT2D eigenvalue weighted by Gasteiger charge is 2.06. The number of carbonyl (C=O) groups excluding carboxylic acids is 1. The van der Waals surface area contributed by atoms with Crippen LogP contribution in [0.2, 0.25) is 0 Å². The summed E-state index contributed by atoms with van der Waals surface area (Å²) in [6, 6.07) is 6.02. The summed E-state index contributed by atoms with van der Waals surface area (Å²) in [5.74, 6) is 1.07. The van der Waals surface area contributed by atoms with Crippen molar-refractivity contribution in [2.24, 2.45) is 0 Å². The number of nitrogen functional groups attached to an aromatic ring is 1. The Labute approximate surface area is 137 Å². The van der Waals surface area contributed by atoms with E-state index < -0.39 is 0 Å². The molecule has 2 rings (SSSR count). The summed E-state index contributed by atoms with van der Waals surface area (Å²) in [5.41, 5.74) is 7.77. The fourth-order valence-corrected chi connectivity index (χ4v) is 3.24. The molecule has 0 aliphatic heterocycles. The highest BCUT2D eigenvalue weighted by Crippen LogP contribution is 2.23. The Morgan fingerprint density at radius 2 is 2.23 bits per heavy atom. The van der Waals surface area contributed by atoms with Crippen LogP contribution >= 0.6 is 23.1 Å². The van der Waals surface area contributed by atoms with E-state index in [-0.39, 0.29) is 11.7 Å². The Bertz CT molecular complexity index is 646. The normalized spacial score (nSPS) is 10.5. The molecular formula is C14H18N4O2S2. The number of hydrogen-bond acceptors (Lipinski definition) is 7. The third-order valence-electron chi connectivity index (χ3n) is 2.76. The lowest BCUT2D eigenvalue weighted by Crippen LogP contribution is -2.29. The van der Waals surface area contributed by atoms with Gasteiger partial charge in [-0.1, -0.05) is 40.8 Å². The molecule has 0 saturated heterocycles. The van der Waals surface area contributed by atoms with Crippen LogP contribution in [0.1, 0.15) is 11.1 Å². The lowest BCUT2D eigenvalue weighted by molar-refractivity contribution is -0.118. The second kappa shape index (κ2) is 8.00. The number of nitrogens with zero attached hydrogens (tertiary/aromatic N) is 2. The smallest absolute Gasteiger partial charge is 0.230 e. The minimum absolute atomic E-state index is 0.0667. The van der Waals surface area contributed by atoms with Gasteiger partial charge < -0.3 is 15.8 Å². The number of amides is 1. The molecule has 0 bridgehead atoms. The number of thioether (sulfide) groups is 1. The predicted octanol–water partition coefficient (Wildman–Crippen LogP) is 2.02. The van der Waals surface area contributed by atoms with Crippen LogP contribution in [0.5, 0.6) is 5.75 Å². The fraction of sp³-hybridized carbons (Fsp3) is 0.357. The van der Waals surface area contributed by atoms with Gasteiger partial charge in [-0.2, -0.15) is 0 Å².